The van der Waals surface area contributed by atoms with E-state index in [1.807, 2.05) is 78.9 Å². The Bertz CT molecular complexity index is 1120. The first-order chi connectivity index (χ1) is 16.4. The molecule has 5 rings (SSSR count). The maximum absolute atomic E-state index is 13.2. The third kappa shape index (κ3) is 3.88. The molecule has 2 heterocycles. The monoisotopic (exact) mass is 458 g/mol. The number of carbonyl (C=O) groups is 1. The van der Waals surface area contributed by atoms with E-state index < -0.39 is 17.2 Å². The first kappa shape index (κ1) is 22.6. The van der Waals surface area contributed by atoms with Crippen LogP contribution in [-0.2, 0) is 23.1 Å². The van der Waals surface area contributed by atoms with E-state index in [9.17, 15) is 15.0 Å². The lowest BCUT2D eigenvalue weighted by Crippen LogP contribution is -2.52. The van der Waals surface area contributed by atoms with E-state index in [1.165, 1.54) is 0 Å². The molecule has 0 radical (unpaired) electrons. The molecular formula is C28H30N2O4. The highest BCUT2D eigenvalue weighted by atomic mass is 16.5. The molecule has 0 saturated carbocycles. The van der Waals surface area contributed by atoms with Gasteiger partial charge in [0.05, 0.1) is 6.61 Å². The van der Waals surface area contributed by atoms with Gasteiger partial charge in [0, 0.05) is 25.9 Å². The van der Waals surface area contributed by atoms with Crippen molar-refractivity contribution < 1.29 is 19.7 Å². The number of rotatable bonds is 7. The smallest absolute Gasteiger partial charge is 0.232 e. The number of nitrogens with zero attached hydrogens (tertiary/aromatic N) is 1. The third-order valence-corrected chi connectivity index (χ3v) is 7.35. The summed E-state index contributed by atoms with van der Waals surface area (Å²) >= 11 is 0. The van der Waals surface area contributed by atoms with Crippen LogP contribution in [0.1, 0.15) is 28.7 Å². The minimum absolute atomic E-state index is 0.0627. The fraction of sp³-hybridized carbons (Fsp3) is 0.321. The topological polar surface area (TPSA) is 96.0 Å². The second kappa shape index (κ2) is 8.87. The molecule has 3 aromatic rings. The number of fused-ring (bicyclic) bond motifs is 1. The SMILES string of the molecule is NC(=O)C(c1ccccc1)(c1ccccc1)C1CCN(C(O)(O)Cc2ccc3c(c2)CCO3)C1. The predicted octanol–water partition coefficient (Wildman–Crippen LogP) is 2.60. The number of benzene rings is 3. The minimum atomic E-state index is -2.04. The van der Waals surface area contributed by atoms with Gasteiger partial charge in [0.1, 0.15) is 11.2 Å². The third-order valence-electron chi connectivity index (χ3n) is 7.35. The molecule has 1 saturated heterocycles. The molecule has 1 unspecified atom stereocenters. The van der Waals surface area contributed by atoms with Gasteiger partial charge in [0.2, 0.25) is 11.8 Å². The van der Waals surface area contributed by atoms with Crippen LogP contribution in [0, 0.1) is 5.92 Å². The van der Waals surface area contributed by atoms with Crippen LogP contribution in [0.3, 0.4) is 0 Å². The summed E-state index contributed by atoms with van der Waals surface area (Å²) in [6.45, 7) is 1.43. The Balaban J connectivity index is 1.45. The average Bonchev–Trinajstić information content (AvgIpc) is 3.51. The Hall–Kier alpha value is -3.19. The molecule has 2 aliphatic rings. The predicted molar refractivity (Wildman–Crippen MR) is 129 cm³/mol. The lowest BCUT2D eigenvalue weighted by molar-refractivity contribution is -0.257. The summed E-state index contributed by atoms with van der Waals surface area (Å²) < 4.78 is 5.56. The molecule has 2 aliphatic heterocycles. The largest absolute Gasteiger partial charge is 0.493 e. The van der Waals surface area contributed by atoms with Gasteiger partial charge in [-0.3, -0.25) is 9.69 Å². The number of primary amides is 1. The van der Waals surface area contributed by atoms with Crippen molar-refractivity contribution in [2.24, 2.45) is 11.7 Å². The lowest BCUT2D eigenvalue weighted by atomic mass is 9.64. The molecule has 6 nitrogen and oxygen atoms in total. The summed E-state index contributed by atoms with van der Waals surface area (Å²) in [6.07, 6.45) is 1.50. The maximum atomic E-state index is 13.2. The Kier molecular flexibility index (Phi) is 5.90. The van der Waals surface area contributed by atoms with Crippen molar-refractivity contribution in [1.29, 1.82) is 0 Å². The van der Waals surface area contributed by atoms with Crippen molar-refractivity contribution >= 4 is 5.91 Å². The lowest BCUT2D eigenvalue weighted by Gasteiger charge is -2.39. The molecule has 4 N–H and O–H groups in total. The van der Waals surface area contributed by atoms with Crippen LogP contribution in [-0.4, -0.2) is 46.6 Å². The number of hydrogen-bond donors (Lipinski definition) is 3. The van der Waals surface area contributed by atoms with Gasteiger partial charge in [-0.2, -0.15) is 0 Å². The van der Waals surface area contributed by atoms with Crippen LogP contribution in [0.4, 0.5) is 0 Å². The molecule has 176 valence electrons. The molecule has 0 aromatic heterocycles. The Morgan fingerprint density at radius 1 is 1.00 bits per heavy atom. The number of carbonyl (C=O) groups excluding carboxylic acids is 1. The summed E-state index contributed by atoms with van der Waals surface area (Å²) in [5, 5.41) is 22.2. The maximum Gasteiger partial charge on any atom is 0.232 e. The Morgan fingerprint density at radius 3 is 2.26 bits per heavy atom. The van der Waals surface area contributed by atoms with E-state index in [0.717, 1.165) is 34.4 Å². The van der Waals surface area contributed by atoms with Crippen LogP contribution >= 0.6 is 0 Å². The zero-order chi connectivity index (χ0) is 23.8. The summed E-state index contributed by atoms with van der Waals surface area (Å²) in [5.74, 6) is -1.83. The number of likely N-dealkylation sites (tertiary alicyclic amines) is 1. The van der Waals surface area contributed by atoms with Gasteiger partial charge in [0.25, 0.3) is 0 Å². The molecule has 0 spiro atoms. The molecule has 34 heavy (non-hydrogen) atoms. The van der Waals surface area contributed by atoms with Crippen molar-refractivity contribution in [1.82, 2.24) is 4.90 Å². The van der Waals surface area contributed by atoms with Crippen LogP contribution in [0.15, 0.2) is 78.9 Å². The Morgan fingerprint density at radius 2 is 1.65 bits per heavy atom. The zero-order valence-electron chi connectivity index (χ0n) is 19.1. The van der Waals surface area contributed by atoms with Gasteiger partial charge in [0.15, 0.2) is 0 Å². The van der Waals surface area contributed by atoms with Crippen molar-refractivity contribution in [3.8, 4) is 5.75 Å². The molecule has 1 atom stereocenters. The summed E-state index contributed by atoms with van der Waals surface area (Å²) in [6, 6.07) is 24.9. The van der Waals surface area contributed by atoms with Crippen LogP contribution in [0.2, 0.25) is 0 Å². The highest BCUT2D eigenvalue weighted by Crippen LogP contribution is 2.44. The van der Waals surface area contributed by atoms with E-state index in [4.69, 9.17) is 10.5 Å². The van der Waals surface area contributed by atoms with Crippen molar-refractivity contribution in [3.63, 3.8) is 0 Å². The van der Waals surface area contributed by atoms with Gasteiger partial charge in [-0.1, -0.05) is 72.8 Å². The van der Waals surface area contributed by atoms with Crippen LogP contribution in [0.5, 0.6) is 5.75 Å². The summed E-state index contributed by atoms with van der Waals surface area (Å²) in [5.41, 5.74) is 8.65. The number of nitrogens with two attached hydrogens (primary N) is 1. The Labute approximate surface area is 199 Å². The standard InChI is InChI=1S/C28H30N2O4/c29-26(31)28(22-7-3-1-4-8-22,23-9-5-2-6-10-23)24-13-15-30(19-24)27(32,33)18-20-11-12-25-21(17-20)14-16-34-25/h1-12,17,24,32-33H,13-16,18-19H2,(H2,29,31). The molecular weight excluding hydrogens is 428 g/mol. The second-order valence-corrected chi connectivity index (χ2v) is 9.33. The molecule has 1 fully saturated rings. The highest BCUT2D eigenvalue weighted by Gasteiger charge is 2.52. The van der Waals surface area contributed by atoms with E-state index >= 15 is 0 Å². The van der Waals surface area contributed by atoms with Gasteiger partial charge >= 0.3 is 0 Å². The molecule has 3 aromatic carbocycles. The number of ether oxygens (including phenoxy) is 1. The fourth-order valence-corrected chi connectivity index (χ4v) is 5.70. The van der Waals surface area contributed by atoms with E-state index in [1.54, 1.807) is 4.90 Å². The van der Waals surface area contributed by atoms with Crippen LogP contribution in [0.25, 0.3) is 0 Å². The normalized spacial score (nSPS) is 18.5. The zero-order valence-corrected chi connectivity index (χ0v) is 19.1. The van der Waals surface area contributed by atoms with Crippen molar-refractivity contribution in [3.05, 3.63) is 101 Å². The average molecular weight is 459 g/mol. The van der Waals surface area contributed by atoms with Crippen molar-refractivity contribution in [2.45, 2.75) is 30.6 Å². The molecule has 0 bridgehead atoms. The van der Waals surface area contributed by atoms with Gasteiger partial charge in [-0.15, -0.1) is 0 Å². The molecule has 6 heteroatoms. The van der Waals surface area contributed by atoms with Crippen LogP contribution < -0.4 is 10.5 Å². The highest BCUT2D eigenvalue weighted by molar-refractivity contribution is 5.91. The number of hydrogen-bond acceptors (Lipinski definition) is 5. The van der Waals surface area contributed by atoms with Gasteiger partial charge < -0.3 is 20.7 Å². The number of aliphatic hydroxyl groups is 2. The fourth-order valence-electron chi connectivity index (χ4n) is 5.70. The molecule has 1 amide bonds. The van der Waals surface area contributed by atoms with E-state index in [2.05, 4.69) is 0 Å². The van der Waals surface area contributed by atoms with E-state index in [0.29, 0.717) is 26.1 Å². The van der Waals surface area contributed by atoms with Gasteiger partial charge in [-0.05, 0) is 40.7 Å². The first-order valence-corrected chi connectivity index (χ1v) is 11.8. The summed E-state index contributed by atoms with van der Waals surface area (Å²) in [7, 11) is 0. The first-order valence-electron chi connectivity index (χ1n) is 11.8. The van der Waals surface area contributed by atoms with Gasteiger partial charge in [-0.25, -0.2) is 0 Å². The number of amides is 1. The van der Waals surface area contributed by atoms with Crippen molar-refractivity contribution in [2.75, 3.05) is 19.7 Å². The quantitative estimate of drug-likeness (QED) is 0.473. The molecule has 0 aliphatic carbocycles. The second-order valence-electron chi connectivity index (χ2n) is 9.33. The summed E-state index contributed by atoms with van der Waals surface area (Å²) in [4.78, 5) is 14.9. The minimum Gasteiger partial charge on any atom is -0.493 e. The van der Waals surface area contributed by atoms with E-state index in [-0.39, 0.29) is 12.3 Å².